The van der Waals surface area contributed by atoms with Crippen molar-refractivity contribution < 1.29 is 5.11 Å². The monoisotopic (exact) mass is 471 g/mol. The Morgan fingerprint density at radius 1 is 1.10 bits per heavy atom. The summed E-state index contributed by atoms with van der Waals surface area (Å²) in [5, 5.41) is 21.8. The fourth-order valence-corrected chi connectivity index (χ4v) is 3.53. The minimum absolute atomic E-state index is 0. The number of nitriles is 1. The van der Waals surface area contributed by atoms with Crippen molar-refractivity contribution in [3.05, 3.63) is 47.4 Å². The first-order valence-corrected chi connectivity index (χ1v) is 8.81. The maximum atomic E-state index is 11.1. The number of benzene rings is 1. The van der Waals surface area contributed by atoms with E-state index in [4.69, 9.17) is 0 Å². The van der Waals surface area contributed by atoms with Crippen molar-refractivity contribution in [3.8, 4) is 22.9 Å². The van der Waals surface area contributed by atoms with Crippen LogP contribution in [0.15, 0.2) is 30.6 Å². The zero-order chi connectivity index (χ0) is 19.7. The molecule has 3 aromatic rings. The Labute approximate surface area is 196 Å². The molecule has 164 valence electrons. The van der Waals surface area contributed by atoms with E-state index in [-0.39, 0.29) is 43.0 Å². The van der Waals surface area contributed by atoms with Gasteiger partial charge in [-0.05, 0) is 40.3 Å². The fourth-order valence-electron chi connectivity index (χ4n) is 3.53. The fraction of sp³-hybridized carbons (Fsp3) is 0.333. The molecule has 1 aromatic carbocycles. The van der Waals surface area contributed by atoms with E-state index in [0.717, 1.165) is 33.3 Å². The first-order valence-electron chi connectivity index (χ1n) is 8.81. The summed E-state index contributed by atoms with van der Waals surface area (Å²) in [6.07, 6.45) is 3.46. The average molecular weight is 473 g/mol. The third-order valence-corrected chi connectivity index (χ3v) is 4.71. The number of pyridine rings is 1. The normalized spacial score (nSPS) is 10.3. The lowest BCUT2D eigenvalue weighted by molar-refractivity contribution is 0.388. The van der Waals surface area contributed by atoms with Crippen molar-refractivity contribution in [2.24, 2.45) is 7.05 Å². The van der Waals surface area contributed by atoms with Gasteiger partial charge in [-0.25, -0.2) is 0 Å². The van der Waals surface area contributed by atoms with Crippen molar-refractivity contribution >= 4 is 48.1 Å². The summed E-state index contributed by atoms with van der Waals surface area (Å²) in [6, 6.07) is 8.12. The van der Waals surface area contributed by atoms with Gasteiger partial charge in [-0.3, -0.25) is 4.98 Å². The van der Waals surface area contributed by atoms with E-state index < -0.39 is 0 Å². The maximum Gasteiger partial charge on any atom is 0.128 e. The highest BCUT2D eigenvalue weighted by atomic mass is 35.5. The molecule has 30 heavy (non-hydrogen) atoms. The van der Waals surface area contributed by atoms with Gasteiger partial charge in [0.1, 0.15) is 11.8 Å². The first-order chi connectivity index (χ1) is 12.8. The molecule has 0 atom stereocenters. The predicted molar refractivity (Wildman–Crippen MR) is 129 cm³/mol. The van der Waals surface area contributed by atoms with Crippen molar-refractivity contribution in [1.29, 1.82) is 5.26 Å². The smallest absolute Gasteiger partial charge is 0.128 e. The first kappa shape index (κ1) is 28.0. The van der Waals surface area contributed by atoms with Gasteiger partial charge in [0.05, 0.1) is 16.8 Å². The summed E-state index contributed by atoms with van der Waals surface area (Å²) in [5.74, 6) is 0.211. The summed E-state index contributed by atoms with van der Waals surface area (Å²) in [4.78, 5) is 8.23. The number of phenolic OH excluding ortho intramolecular Hbond substituents is 1. The molecule has 0 aliphatic carbocycles. The molecule has 0 spiro atoms. The Balaban J connectivity index is 0.00000280. The van der Waals surface area contributed by atoms with Crippen LogP contribution in [0.1, 0.15) is 16.8 Å². The van der Waals surface area contributed by atoms with E-state index in [2.05, 4.69) is 15.6 Å². The number of aromatic nitrogens is 2. The van der Waals surface area contributed by atoms with Crippen LogP contribution in [0.25, 0.3) is 22.0 Å². The van der Waals surface area contributed by atoms with Crippen LogP contribution in [0.5, 0.6) is 5.75 Å². The molecule has 0 aliphatic heterocycles. The Morgan fingerprint density at radius 3 is 2.23 bits per heavy atom. The number of hydrogen-bond donors (Lipinski definition) is 1. The van der Waals surface area contributed by atoms with Gasteiger partial charge >= 0.3 is 0 Å². The Morgan fingerprint density at radius 2 is 1.73 bits per heavy atom. The number of nitrogens with zero attached hydrogens (tertiary/aromatic N) is 5. The molecule has 2 aromatic heterocycles. The molecule has 0 saturated heterocycles. The zero-order valence-electron chi connectivity index (χ0n) is 17.7. The van der Waals surface area contributed by atoms with Gasteiger partial charge in [0.2, 0.25) is 0 Å². The summed E-state index contributed by atoms with van der Waals surface area (Å²) in [6.45, 7) is 1.19. The highest BCUT2D eigenvalue weighted by Gasteiger charge is 2.23. The molecule has 0 aliphatic rings. The van der Waals surface area contributed by atoms with Gasteiger partial charge in [0.25, 0.3) is 0 Å². The molecule has 0 amide bonds. The predicted octanol–water partition coefficient (Wildman–Crippen LogP) is 4.21. The molecule has 9 heteroatoms. The quantitative estimate of drug-likeness (QED) is 0.602. The summed E-state index contributed by atoms with van der Waals surface area (Å²) < 4.78 is 2.06. The van der Waals surface area contributed by atoms with Crippen LogP contribution in [0.3, 0.4) is 0 Å². The maximum absolute atomic E-state index is 11.1. The number of fused-ring (bicyclic) bond motifs is 1. The Bertz CT molecular complexity index is 1030. The van der Waals surface area contributed by atoms with Crippen molar-refractivity contribution in [2.45, 2.75) is 13.1 Å². The molecule has 0 unspecified atom stereocenters. The van der Waals surface area contributed by atoms with Crippen LogP contribution in [-0.4, -0.2) is 52.6 Å². The van der Waals surface area contributed by atoms with Crippen LogP contribution in [-0.2, 0) is 20.1 Å². The molecule has 0 saturated carbocycles. The molecule has 0 bridgehead atoms. The van der Waals surface area contributed by atoms with Crippen LogP contribution in [0, 0.1) is 11.3 Å². The summed E-state index contributed by atoms with van der Waals surface area (Å²) in [5.41, 5.74) is 4.87. The summed E-state index contributed by atoms with van der Waals surface area (Å²) >= 11 is 0. The minimum Gasteiger partial charge on any atom is -0.507 e. The van der Waals surface area contributed by atoms with Gasteiger partial charge < -0.3 is 19.5 Å². The lowest BCUT2D eigenvalue weighted by atomic mass is 9.97. The number of aryl methyl sites for hydroxylation is 1. The second-order valence-corrected chi connectivity index (χ2v) is 7.36. The van der Waals surface area contributed by atoms with Crippen LogP contribution < -0.4 is 0 Å². The summed E-state index contributed by atoms with van der Waals surface area (Å²) in [7, 11) is 9.86. The molecule has 2 heterocycles. The van der Waals surface area contributed by atoms with Crippen molar-refractivity contribution in [3.63, 3.8) is 0 Å². The zero-order valence-corrected chi connectivity index (χ0v) is 20.2. The van der Waals surface area contributed by atoms with E-state index in [1.165, 1.54) is 0 Å². The second-order valence-electron chi connectivity index (χ2n) is 7.36. The van der Waals surface area contributed by atoms with Gasteiger partial charge in [-0.1, -0.05) is 6.07 Å². The minimum atomic E-state index is 0. The number of phenols is 1. The Hall–Kier alpha value is -2.01. The molecule has 1 N–H and O–H groups in total. The number of aromatic hydroxyl groups is 1. The second kappa shape index (κ2) is 11.4. The topological polar surface area (TPSA) is 68.3 Å². The van der Waals surface area contributed by atoms with Crippen molar-refractivity contribution in [2.75, 3.05) is 28.2 Å². The van der Waals surface area contributed by atoms with Crippen LogP contribution in [0.2, 0.25) is 0 Å². The van der Waals surface area contributed by atoms with E-state index in [1.807, 2.05) is 63.2 Å². The molecular formula is C21H28Cl3N5O. The lowest BCUT2D eigenvalue weighted by Crippen LogP contribution is -2.14. The van der Waals surface area contributed by atoms with Crippen molar-refractivity contribution in [1.82, 2.24) is 19.4 Å². The van der Waals surface area contributed by atoms with E-state index in [1.54, 1.807) is 12.4 Å². The van der Waals surface area contributed by atoms with E-state index >= 15 is 0 Å². The average Bonchev–Trinajstić information content (AvgIpc) is 2.88. The van der Waals surface area contributed by atoms with E-state index in [0.29, 0.717) is 18.7 Å². The standard InChI is InChI=1S/C21H25N5O.3ClH/c1-24(2)12-17-20-16(10-22)19(13-25(3)4)26(5)18(20)9-15(21(17)27)14-7-6-8-23-11-14;;;/h6-9,11,27H,12-13H2,1-5H3;3*1H. The van der Waals surface area contributed by atoms with Crippen LogP contribution in [0.4, 0.5) is 0 Å². The molecule has 0 radical (unpaired) electrons. The lowest BCUT2D eigenvalue weighted by Gasteiger charge is -2.16. The molecule has 6 nitrogen and oxygen atoms in total. The van der Waals surface area contributed by atoms with Gasteiger partial charge in [-0.15, -0.1) is 37.2 Å². The van der Waals surface area contributed by atoms with E-state index in [9.17, 15) is 10.4 Å². The molecule has 3 rings (SSSR count). The third kappa shape index (κ3) is 5.18. The Kier molecular flexibility index (Phi) is 10.6. The number of halogens is 3. The molecular weight excluding hydrogens is 445 g/mol. The van der Waals surface area contributed by atoms with Crippen LogP contribution >= 0.6 is 37.2 Å². The highest BCUT2D eigenvalue weighted by molar-refractivity contribution is 5.97. The number of rotatable bonds is 5. The van der Waals surface area contributed by atoms with Gasteiger partial charge in [0.15, 0.2) is 0 Å². The number of hydrogen-bond acceptors (Lipinski definition) is 5. The SMILES string of the molecule is CN(C)Cc1c(O)c(-c2cccnc2)cc2c1c(C#N)c(CN(C)C)n2C.Cl.Cl.Cl. The highest BCUT2D eigenvalue weighted by Crippen LogP contribution is 2.41. The largest absolute Gasteiger partial charge is 0.507 e. The molecule has 0 fully saturated rings. The van der Waals surface area contributed by atoms with Gasteiger partial charge in [0, 0.05) is 54.6 Å². The third-order valence-electron chi connectivity index (χ3n) is 4.71. The van der Waals surface area contributed by atoms with Gasteiger partial charge in [-0.2, -0.15) is 5.26 Å².